The number of ketones is 1. The molecule has 4 atom stereocenters. The number of β-lactam (4-membered cyclic amide) rings is 1. The largest absolute Gasteiger partial charge is 1.00 e. The van der Waals surface area contributed by atoms with Gasteiger partial charge in [0, 0.05) is 52.8 Å². The van der Waals surface area contributed by atoms with E-state index >= 15 is 0 Å². The molecule has 10 nitrogen and oxygen atoms in total. The maximum atomic E-state index is 13.2. The minimum absolute atomic E-state index is 0. The van der Waals surface area contributed by atoms with Gasteiger partial charge in [0.2, 0.25) is 11.7 Å². The summed E-state index contributed by atoms with van der Waals surface area (Å²) in [4.78, 5) is 49.5. The Balaban J connectivity index is 0.00000304. The predicted molar refractivity (Wildman–Crippen MR) is 127 cm³/mol. The van der Waals surface area contributed by atoms with Gasteiger partial charge in [0.05, 0.1) is 34.6 Å². The van der Waals surface area contributed by atoms with Gasteiger partial charge in [-0.05, 0) is 13.0 Å². The number of amides is 1. The fourth-order valence-electron chi connectivity index (χ4n) is 4.90. The number of pyridine rings is 1. The van der Waals surface area contributed by atoms with Crippen LogP contribution in [0.25, 0.3) is 10.4 Å². The molecular weight excluding hydrogens is 513 g/mol. The fraction of sp³-hybridized carbons (Fsp3) is 0.348. The summed E-state index contributed by atoms with van der Waals surface area (Å²) in [6, 6.07) is 1.30. The minimum atomic E-state index is -1.45. The van der Waals surface area contributed by atoms with Crippen LogP contribution in [-0.4, -0.2) is 66.5 Å². The second kappa shape index (κ2) is 10.4. The second-order valence-electron chi connectivity index (χ2n) is 8.58. The number of nitrogens with two attached hydrogens (primary N) is 1. The topological polar surface area (TPSA) is 154 Å². The number of aliphatic hydroxyl groups excluding tert-OH is 1. The molecule has 0 bridgehead atoms. The molecule has 1 saturated heterocycles. The zero-order valence-corrected chi connectivity index (χ0v) is 23.5. The number of carbonyl (C=O) groups excluding carboxylic acids is 3. The summed E-state index contributed by atoms with van der Waals surface area (Å²) in [5.41, 5.74) is 6.46. The first-order valence-corrected chi connectivity index (χ1v) is 12.8. The quantitative estimate of drug-likeness (QED) is 0.137. The Labute approximate surface area is 236 Å². The fourth-order valence-corrected chi connectivity index (χ4v) is 6.81. The van der Waals surface area contributed by atoms with Crippen LogP contribution in [0.5, 0.6) is 0 Å². The van der Waals surface area contributed by atoms with Gasteiger partial charge in [0.1, 0.15) is 16.9 Å². The molecule has 3 aromatic heterocycles. The van der Waals surface area contributed by atoms with E-state index in [0.29, 0.717) is 33.1 Å². The average Bonchev–Trinajstić information content (AvgIpc) is 3.47. The molecule has 3 N–H and O–H groups in total. The van der Waals surface area contributed by atoms with Gasteiger partial charge in [-0.25, -0.2) is 4.98 Å². The molecule has 0 aromatic carbocycles. The van der Waals surface area contributed by atoms with E-state index in [1.807, 2.05) is 6.92 Å². The van der Waals surface area contributed by atoms with Crippen LogP contribution in [0.4, 0.5) is 0 Å². The SMILES string of the molecule is C[C@@H](O)[C@H]1C(=O)N2C(C(=O)[O-])=C(c3cn4cnc(C(=O)c5cncc(SCCN)c5)c4s3)[C@H](C)[C@H]12.[Na+]. The first kappa shape index (κ1) is 27.0. The van der Waals surface area contributed by atoms with Crippen molar-refractivity contribution in [1.82, 2.24) is 19.3 Å². The van der Waals surface area contributed by atoms with Crippen LogP contribution in [-0.2, 0) is 9.59 Å². The van der Waals surface area contributed by atoms with Crippen molar-refractivity contribution in [2.45, 2.75) is 30.9 Å². The van der Waals surface area contributed by atoms with Crippen molar-refractivity contribution in [2.24, 2.45) is 17.6 Å². The second-order valence-corrected chi connectivity index (χ2v) is 10.8. The number of thiazole rings is 1. The Hall–Kier alpha value is -2.06. The van der Waals surface area contributed by atoms with E-state index in [4.69, 9.17) is 5.73 Å². The number of hydrogen-bond donors (Lipinski definition) is 2. The maximum absolute atomic E-state index is 13.2. The number of carboxylic acids is 1. The van der Waals surface area contributed by atoms with E-state index in [9.17, 15) is 24.6 Å². The van der Waals surface area contributed by atoms with Crippen LogP contribution in [0, 0.1) is 11.8 Å². The number of carbonyl (C=O) groups is 3. The predicted octanol–water partition coefficient (Wildman–Crippen LogP) is -2.60. The molecule has 182 valence electrons. The number of carboxylic acid groups (broad SMARTS) is 1. The zero-order valence-electron chi connectivity index (χ0n) is 19.9. The number of nitrogens with zero attached hydrogens (tertiary/aromatic N) is 4. The summed E-state index contributed by atoms with van der Waals surface area (Å²) >= 11 is 2.73. The van der Waals surface area contributed by atoms with E-state index in [1.165, 1.54) is 47.4 Å². The van der Waals surface area contributed by atoms with Crippen molar-refractivity contribution >= 4 is 51.2 Å². The third-order valence-electron chi connectivity index (χ3n) is 6.42. The molecule has 0 spiro atoms. The number of rotatable bonds is 8. The molecule has 1 fully saturated rings. The summed E-state index contributed by atoms with van der Waals surface area (Å²) in [6.45, 7) is 3.87. The molecule has 5 heterocycles. The standard InChI is InChI=1S/C23H23N5O5S2.Na/c1-10-15(19(23(32)33)28-18(10)16(11(2)29)21(28)31)14-8-27-9-26-17(22(27)35-14)20(30)12-5-13(7-25-6-12)34-4-3-24;/h5-11,16,18,29H,3-4,24H2,1-2H3,(H,32,33);/q;+1/p-1/t10-,11+,16+,18+;/m0./s1. The Morgan fingerprint density at radius 3 is 2.78 bits per heavy atom. The van der Waals surface area contributed by atoms with Crippen molar-refractivity contribution in [3.8, 4) is 0 Å². The van der Waals surface area contributed by atoms with Crippen LogP contribution < -0.4 is 40.4 Å². The van der Waals surface area contributed by atoms with Gasteiger partial charge in [0.15, 0.2) is 0 Å². The molecule has 13 heteroatoms. The number of fused-ring (bicyclic) bond motifs is 2. The summed E-state index contributed by atoms with van der Waals surface area (Å²) in [6.07, 6.45) is 5.47. The molecule has 0 saturated carbocycles. The molecule has 0 aliphatic carbocycles. The molecule has 2 aliphatic heterocycles. The van der Waals surface area contributed by atoms with Crippen LogP contribution in [0.3, 0.4) is 0 Å². The van der Waals surface area contributed by atoms with Gasteiger partial charge in [-0.15, -0.1) is 23.1 Å². The van der Waals surface area contributed by atoms with Crippen LogP contribution >= 0.6 is 23.1 Å². The van der Waals surface area contributed by atoms with E-state index < -0.39 is 29.9 Å². The molecule has 3 aromatic rings. The summed E-state index contributed by atoms with van der Waals surface area (Å²) in [5, 5.41) is 22.1. The molecule has 1 amide bonds. The minimum Gasteiger partial charge on any atom is -0.543 e. The average molecular weight is 536 g/mol. The number of aromatic nitrogens is 3. The molecular formula is C23H22N5NaO5S2. The third-order valence-corrected chi connectivity index (χ3v) is 8.56. The number of hydrogen-bond acceptors (Lipinski definition) is 10. The maximum Gasteiger partial charge on any atom is 1.00 e. The van der Waals surface area contributed by atoms with Crippen LogP contribution in [0.1, 0.15) is 34.8 Å². The van der Waals surface area contributed by atoms with Crippen molar-refractivity contribution in [1.29, 1.82) is 0 Å². The summed E-state index contributed by atoms with van der Waals surface area (Å²) < 4.78 is 1.67. The smallest absolute Gasteiger partial charge is 0.543 e. The zero-order chi connectivity index (χ0) is 25.0. The van der Waals surface area contributed by atoms with E-state index in [2.05, 4.69) is 9.97 Å². The Kier molecular flexibility index (Phi) is 7.77. The first-order chi connectivity index (χ1) is 16.7. The van der Waals surface area contributed by atoms with Crippen molar-refractivity contribution in [2.75, 3.05) is 12.3 Å². The Morgan fingerprint density at radius 1 is 1.36 bits per heavy atom. The number of imidazole rings is 1. The summed E-state index contributed by atoms with van der Waals surface area (Å²) in [5.74, 6) is -2.48. The summed E-state index contributed by atoms with van der Waals surface area (Å²) in [7, 11) is 0. The molecule has 2 aliphatic rings. The molecule has 0 unspecified atom stereocenters. The van der Waals surface area contributed by atoms with Gasteiger partial charge in [0.25, 0.3) is 0 Å². The molecule has 0 radical (unpaired) electrons. The number of aliphatic hydroxyl groups is 1. The van der Waals surface area contributed by atoms with Crippen LogP contribution in [0.2, 0.25) is 0 Å². The van der Waals surface area contributed by atoms with Crippen molar-refractivity contribution < 1.29 is 54.2 Å². The van der Waals surface area contributed by atoms with E-state index in [1.54, 1.807) is 22.9 Å². The van der Waals surface area contributed by atoms with Gasteiger partial charge in [-0.1, -0.05) is 6.92 Å². The molecule has 5 rings (SSSR count). The third kappa shape index (κ3) is 4.24. The first-order valence-electron chi connectivity index (χ1n) is 11.0. The van der Waals surface area contributed by atoms with Crippen LogP contribution in [0.15, 0.2) is 41.6 Å². The molecule has 36 heavy (non-hydrogen) atoms. The monoisotopic (exact) mass is 535 g/mol. The van der Waals surface area contributed by atoms with Gasteiger partial charge >= 0.3 is 29.6 Å². The van der Waals surface area contributed by atoms with Gasteiger partial charge in [-0.3, -0.25) is 19.0 Å². The van der Waals surface area contributed by atoms with E-state index in [-0.39, 0.29) is 52.6 Å². The Bertz CT molecular complexity index is 1400. The number of thioether (sulfide) groups is 1. The Morgan fingerprint density at radius 2 is 2.11 bits per heavy atom. The van der Waals surface area contributed by atoms with Crippen molar-refractivity contribution in [3.05, 3.63) is 52.8 Å². The van der Waals surface area contributed by atoms with Gasteiger partial charge in [-0.2, -0.15) is 0 Å². The van der Waals surface area contributed by atoms with Crippen molar-refractivity contribution in [3.63, 3.8) is 0 Å². The van der Waals surface area contributed by atoms with E-state index in [0.717, 1.165) is 4.90 Å². The normalized spacial score (nSPS) is 21.8. The van der Waals surface area contributed by atoms with Gasteiger partial charge < -0.3 is 25.6 Å². The number of aliphatic carboxylic acids is 1.